The molecule has 0 spiro atoms. The van der Waals surface area contributed by atoms with Gasteiger partial charge in [0.05, 0.1) is 27.9 Å². The zero-order valence-electron chi connectivity index (χ0n) is 15.4. The van der Waals surface area contributed by atoms with Gasteiger partial charge in [-0.2, -0.15) is 0 Å². The maximum Gasteiger partial charge on any atom is 0.164 e. The third kappa shape index (κ3) is 4.37. The van der Waals surface area contributed by atoms with Crippen LogP contribution in [0, 0.1) is 0 Å². The first-order valence-corrected chi connectivity index (χ1v) is 8.39. The van der Waals surface area contributed by atoms with E-state index in [-0.39, 0.29) is 5.92 Å². The van der Waals surface area contributed by atoms with Crippen LogP contribution in [0.5, 0.6) is 23.0 Å². The first-order chi connectivity index (χ1) is 12.2. The van der Waals surface area contributed by atoms with Gasteiger partial charge in [-0.3, -0.25) is 0 Å². The number of rotatable bonds is 9. The van der Waals surface area contributed by atoms with E-state index in [1.807, 2.05) is 37.3 Å². The Labute approximate surface area is 149 Å². The predicted molar refractivity (Wildman–Crippen MR) is 99.2 cm³/mol. The van der Waals surface area contributed by atoms with Crippen LogP contribution in [0.4, 0.5) is 0 Å². The van der Waals surface area contributed by atoms with E-state index in [1.54, 1.807) is 21.3 Å². The van der Waals surface area contributed by atoms with E-state index < -0.39 is 0 Å². The summed E-state index contributed by atoms with van der Waals surface area (Å²) in [4.78, 5) is 0. The minimum Gasteiger partial charge on any atom is -0.496 e. The standard InChI is InChI=1S/C20H27NO4/c1-5-25-17-9-7-6-8-16(17)15(13-21)10-14-11-19(23-3)20(24-4)12-18(14)22-2/h6-9,11-12,15H,5,10,13,21H2,1-4H3. The van der Waals surface area contributed by atoms with Gasteiger partial charge in [-0.1, -0.05) is 18.2 Å². The molecule has 0 aromatic heterocycles. The Morgan fingerprint density at radius 1 is 0.880 bits per heavy atom. The van der Waals surface area contributed by atoms with E-state index in [0.717, 1.165) is 22.6 Å². The molecule has 0 saturated heterocycles. The zero-order chi connectivity index (χ0) is 18.2. The van der Waals surface area contributed by atoms with E-state index in [1.165, 1.54) is 0 Å². The number of ether oxygens (including phenoxy) is 4. The molecular weight excluding hydrogens is 318 g/mol. The van der Waals surface area contributed by atoms with E-state index in [9.17, 15) is 0 Å². The van der Waals surface area contributed by atoms with Gasteiger partial charge in [-0.15, -0.1) is 0 Å². The summed E-state index contributed by atoms with van der Waals surface area (Å²) in [7, 11) is 4.88. The molecule has 2 aromatic rings. The quantitative estimate of drug-likeness (QED) is 0.755. The topological polar surface area (TPSA) is 62.9 Å². The summed E-state index contributed by atoms with van der Waals surface area (Å²) >= 11 is 0. The van der Waals surface area contributed by atoms with Gasteiger partial charge >= 0.3 is 0 Å². The van der Waals surface area contributed by atoms with Crippen LogP contribution in [0.2, 0.25) is 0 Å². The van der Waals surface area contributed by atoms with Crippen LogP contribution in [-0.2, 0) is 6.42 Å². The van der Waals surface area contributed by atoms with Gasteiger partial charge in [0.2, 0.25) is 0 Å². The smallest absolute Gasteiger partial charge is 0.164 e. The number of nitrogens with two attached hydrogens (primary N) is 1. The second kappa shape index (κ2) is 9.18. The summed E-state index contributed by atoms with van der Waals surface area (Å²) in [6, 6.07) is 11.8. The van der Waals surface area contributed by atoms with Crippen LogP contribution in [0.1, 0.15) is 24.0 Å². The zero-order valence-corrected chi connectivity index (χ0v) is 15.4. The van der Waals surface area contributed by atoms with E-state index >= 15 is 0 Å². The van der Waals surface area contributed by atoms with Crippen molar-refractivity contribution in [3.05, 3.63) is 47.5 Å². The van der Waals surface area contributed by atoms with Crippen molar-refractivity contribution in [2.75, 3.05) is 34.5 Å². The highest BCUT2D eigenvalue weighted by Gasteiger charge is 2.19. The fourth-order valence-electron chi connectivity index (χ4n) is 2.94. The normalized spacial score (nSPS) is 11.7. The molecule has 136 valence electrons. The molecule has 0 fully saturated rings. The lowest BCUT2D eigenvalue weighted by Crippen LogP contribution is -2.16. The molecule has 2 N–H and O–H groups in total. The fraction of sp³-hybridized carbons (Fsp3) is 0.400. The number of hydrogen-bond acceptors (Lipinski definition) is 5. The van der Waals surface area contributed by atoms with E-state index in [2.05, 4.69) is 6.07 Å². The summed E-state index contributed by atoms with van der Waals surface area (Å²) in [5.41, 5.74) is 8.20. The second-order valence-corrected chi connectivity index (χ2v) is 5.63. The molecule has 25 heavy (non-hydrogen) atoms. The first kappa shape index (κ1) is 18.9. The van der Waals surface area contributed by atoms with Crippen molar-refractivity contribution < 1.29 is 18.9 Å². The highest BCUT2D eigenvalue weighted by molar-refractivity contribution is 5.51. The number of methoxy groups -OCH3 is 3. The third-order valence-electron chi connectivity index (χ3n) is 4.20. The Bertz CT molecular complexity index is 687. The van der Waals surface area contributed by atoms with Crippen molar-refractivity contribution in [2.45, 2.75) is 19.3 Å². The van der Waals surface area contributed by atoms with Crippen molar-refractivity contribution in [2.24, 2.45) is 5.73 Å². The summed E-state index contributed by atoms with van der Waals surface area (Å²) < 4.78 is 22.1. The molecule has 5 heteroatoms. The number of benzene rings is 2. The molecule has 0 radical (unpaired) electrons. The van der Waals surface area contributed by atoms with Gasteiger partial charge in [0.15, 0.2) is 11.5 Å². The largest absolute Gasteiger partial charge is 0.496 e. The molecule has 1 atom stereocenters. The van der Waals surface area contributed by atoms with Gasteiger partial charge in [0.25, 0.3) is 0 Å². The Kier molecular flexibility index (Phi) is 6.95. The maximum absolute atomic E-state index is 6.08. The van der Waals surface area contributed by atoms with Crippen molar-refractivity contribution in [3.8, 4) is 23.0 Å². The fourth-order valence-corrected chi connectivity index (χ4v) is 2.94. The Morgan fingerprint density at radius 3 is 2.12 bits per heavy atom. The van der Waals surface area contributed by atoms with E-state index in [4.69, 9.17) is 24.7 Å². The van der Waals surface area contributed by atoms with E-state index in [0.29, 0.717) is 31.1 Å². The van der Waals surface area contributed by atoms with Gasteiger partial charge < -0.3 is 24.7 Å². The molecule has 5 nitrogen and oxygen atoms in total. The molecular formula is C20H27NO4. The lowest BCUT2D eigenvalue weighted by Gasteiger charge is -2.21. The Hall–Kier alpha value is -2.40. The minimum atomic E-state index is 0.106. The van der Waals surface area contributed by atoms with Crippen molar-refractivity contribution >= 4 is 0 Å². The highest BCUT2D eigenvalue weighted by Crippen LogP contribution is 2.38. The maximum atomic E-state index is 6.08. The molecule has 0 saturated carbocycles. The third-order valence-corrected chi connectivity index (χ3v) is 4.20. The summed E-state index contributed by atoms with van der Waals surface area (Å²) in [6.45, 7) is 3.10. The molecule has 1 unspecified atom stereocenters. The van der Waals surface area contributed by atoms with Gasteiger partial charge in [-0.05, 0) is 43.1 Å². The van der Waals surface area contributed by atoms with Crippen molar-refractivity contribution in [3.63, 3.8) is 0 Å². The van der Waals surface area contributed by atoms with Crippen LogP contribution in [-0.4, -0.2) is 34.5 Å². The van der Waals surface area contributed by atoms with Gasteiger partial charge in [-0.25, -0.2) is 0 Å². The Balaban J connectivity index is 2.39. The molecule has 0 amide bonds. The molecule has 0 bridgehead atoms. The Morgan fingerprint density at radius 2 is 1.52 bits per heavy atom. The van der Waals surface area contributed by atoms with Crippen LogP contribution >= 0.6 is 0 Å². The number of para-hydroxylation sites is 1. The molecule has 2 rings (SSSR count). The van der Waals surface area contributed by atoms with Crippen LogP contribution in [0.3, 0.4) is 0 Å². The molecule has 0 aliphatic rings. The average Bonchev–Trinajstić information content (AvgIpc) is 2.66. The van der Waals surface area contributed by atoms with Crippen molar-refractivity contribution in [1.82, 2.24) is 0 Å². The lowest BCUT2D eigenvalue weighted by molar-refractivity contribution is 0.333. The molecule has 2 aromatic carbocycles. The van der Waals surface area contributed by atoms with Gasteiger partial charge in [0, 0.05) is 12.0 Å². The summed E-state index contributed by atoms with van der Waals surface area (Å²) in [5.74, 6) is 3.05. The highest BCUT2D eigenvalue weighted by atomic mass is 16.5. The summed E-state index contributed by atoms with van der Waals surface area (Å²) in [6.07, 6.45) is 0.712. The van der Waals surface area contributed by atoms with Crippen LogP contribution < -0.4 is 24.7 Å². The van der Waals surface area contributed by atoms with Gasteiger partial charge in [0.1, 0.15) is 11.5 Å². The second-order valence-electron chi connectivity index (χ2n) is 5.63. The average molecular weight is 345 g/mol. The monoisotopic (exact) mass is 345 g/mol. The first-order valence-electron chi connectivity index (χ1n) is 8.39. The summed E-state index contributed by atoms with van der Waals surface area (Å²) in [5, 5.41) is 0. The molecule has 0 aliphatic carbocycles. The van der Waals surface area contributed by atoms with Crippen molar-refractivity contribution in [1.29, 1.82) is 0 Å². The van der Waals surface area contributed by atoms with Crippen LogP contribution in [0.15, 0.2) is 36.4 Å². The van der Waals surface area contributed by atoms with Crippen LogP contribution in [0.25, 0.3) is 0 Å². The number of hydrogen-bond donors (Lipinski definition) is 1. The SMILES string of the molecule is CCOc1ccccc1C(CN)Cc1cc(OC)c(OC)cc1OC. The minimum absolute atomic E-state index is 0.106. The lowest BCUT2D eigenvalue weighted by atomic mass is 9.90. The molecule has 0 heterocycles. The molecule has 0 aliphatic heterocycles. The predicted octanol–water partition coefficient (Wildman–Crippen LogP) is 3.40.